The minimum Gasteiger partial charge on any atom is -0.462 e. The first kappa shape index (κ1) is 25.1. The van der Waals surface area contributed by atoms with Gasteiger partial charge in [-0.15, -0.1) is 0 Å². The van der Waals surface area contributed by atoms with Crippen molar-refractivity contribution in [2.24, 2.45) is 29.6 Å². The minimum absolute atomic E-state index is 0.0798. The first-order valence-electron chi connectivity index (χ1n) is 14.4. The molecule has 0 radical (unpaired) electrons. The van der Waals surface area contributed by atoms with Gasteiger partial charge in [0, 0.05) is 6.42 Å². The first-order chi connectivity index (χ1) is 15.2. The fourth-order valence-corrected chi connectivity index (χ4v) is 7.37. The predicted molar refractivity (Wildman–Crippen MR) is 131 cm³/mol. The summed E-state index contributed by atoms with van der Waals surface area (Å²) in [6.45, 7) is 4.56. The van der Waals surface area contributed by atoms with Gasteiger partial charge in [-0.25, -0.2) is 0 Å². The Morgan fingerprint density at radius 2 is 1.29 bits per heavy atom. The van der Waals surface area contributed by atoms with Gasteiger partial charge in [0.05, 0.1) is 0 Å². The van der Waals surface area contributed by atoms with Crippen LogP contribution in [-0.4, -0.2) is 12.1 Å². The van der Waals surface area contributed by atoms with Gasteiger partial charge in [0.2, 0.25) is 0 Å². The molecule has 4 unspecified atom stereocenters. The molecular weight excluding hydrogens is 380 g/mol. The van der Waals surface area contributed by atoms with E-state index in [1.807, 2.05) is 0 Å². The summed E-state index contributed by atoms with van der Waals surface area (Å²) in [6, 6.07) is 0. The molecule has 3 aliphatic carbocycles. The van der Waals surface area contributed by atoms with Gasteiger partial charge in [-0.3, -0.25) is 4.79 Å². The van der Waals surface area contributed by atoms with Crippen LogP contribution >= 0.6 is 0 Å². The summed E-state index contributed by atoms with van der Waals surface area (Å²) in [4.78, 5) is 12.3. The highest BCUT2D eigenvalue weighted by Crippen LogP contribution is 2.53. The monoisotopic (exact) mass is 432 g/mol. The third-order valence-corrected chi connectivity index (χ3v) is 9.10. The molecule has 31 heavy (non-hydrogen) atoms. The van der Waals surface area contributed by atoms with E-state index in [-0.39, 0.29) is 12.1 Å². The van der Waals surface area contributed by atoms with E-state index in [9.17, 15) is 4.79 Å². The fraction of sp³-hybridized carbons (Fsp3) is 0.966. The summed E-state index contributed by atoms with van der Waals surface area (Å²) < 4.78 is 5.95. The van der Waals surface area contributed by atoms with Crippen LogP contribution in [-0.2, 0) is 9.53 Å². The molecule has 0 bridgehead atoms. The molecule has 3 aliphatic rings. The number of carbonyl (C=O) groups is 1. The summed E-state index contributed by atoms with van der Waals surface area (Å²) >= 11 is 0. The van der Waals surface area contributed by atoms with Crippen LogP contribution in [0, 0.1) is 29.6 Å². The van der Waals surface area contributed by atoms with Crippen LogP contribution in [0.4, 0.5) is 0 Å². The van der Waals surface area contributed by atoms with E-state index in [1.165, 1.54) is 103 Å². The molecule has 6 atom stereocenters. The number of ether oxygens (including phenoxy) is 1. The number of rotatable bonds is 13. The van der Waals surface area contributed by atoms with Crippen molar-refractivity contribution in [2.75, 3.05) is 0 Å². The molecular formula is C29H52O2. The third-order valence-electron chi connectivity index (χ3n) is 9.10. The Labute approximate surface area is 193 Å². The van der Waals surface area contributed by atoms with Crippen molar-refractivity contribution < 1.29 is 9.53 Å². The molecule has 3 saturated carbocycles. The molecule has 0 aromatic heterocycles. The van der Waals surface area contributed by atoms with Crippen molar-refractivity contribution in [2.45, 2.75) is 148 Å². The maximum atomic E-state index is 12.3. The molecule has 180 valence electrons. The van der Waals surface area contributed by atoms with E-state index < -0.39 is 0 Å². The maximum absolute atomic E-state index is 12.3. The van der Waals surface area contributed by atoms with E-state index in [0.717, 1.165) is 48.9 Å². The van der Waals surface area contributed by atoms with Gasteiger partial charge in [0.1, 0.15) is 6.10 Å². The molecule has 2 nitrogen and oxygen atoms in total. The van der Waals surface area contributed by atoms with E-state index in [0.29, 0.717) is 6.42 Å². The van der Waals surface area contributed by atoms with Crippen LogP contribution in [0.1, 0.15) is 142 Å². The highest BCUT2D eigenvalue weighted by atomic mass is 16.5. The Kier molecular flexibility index (Phi) is 11.2. The lowest BCUT2D eigenvalue weighted by Crippen LogP contribution is -2.43. The van der Waals surface area contributed by atoms with E-state index >= 15 is 0 Å². The van der Waals surface area contributed by atoms with Gasteiger partial charge in [-0.05, 0) is 81.0 Å². The Bertz CT molecular complexity index is 501. The molecule has 0 saturated heterocycles. The minimum atomic E-state index is 0.0798. The highest BCUT2D eigenvalue weighted by molar-refractivity contribution is 5.69. The Morgan fingerprint density at radius 3 is 2.03 bits per heavy atom. The van der Waals surface area contributed by atoms with Gasteiger partial charge in [0.15, 0.2) is 0 Å². The van der Waals surface area contributed by atoms with Crippen molar-refractivity contribution in [1.82, 2.24) is 0 Å². The summed E-state index contributed by atoms with van der Waals surface area (Å²) in [5, 5.41) is 0. The van der Waals surface area contributed by atoms with Crippen LogP contribution in [0.2, 0.25) is 0 Å². The van der Waals surface area contributed by atoms with Gasteiger partial charge >= 0.3 is 5.97 Å². The largest absolute Gasteiger partial charge is 0.462 e. The lowest BCUT2D eigenvalue weighted by atomic mass is 9.56. The number of unbranched alkanes of at least 4 members (excludes halogenated alkanes) is 8. The fourth-order valence-electron chi connectivity index (χ4n) is 7.37. The van der Waals surface area contributed by atoms with Crippen molar-refractivity contribution >= 4 is 5.97 Å². The van der Waals surface area contributed by atoms with Crippen LogP contribution in [0.3, 0.4) is 0 Å². The average molecular weight is 433 g/mol. The molecule has 0 aromatic carbocycles. The summed E-state index contributed by atoms with van der Waals surface area (Å²) in [7, 11) is 0. The molecule has 2 heteroatoms. The molecule has 3 rings (SSSR count). The van der Waals surface area contributed by atoms with E-state index in [4.69, 9.17) is 4.74 Å². The smallest absolute Gasteiger partial charge is 0.306 e. The number of hydrogen-bond donors (Lipinski definition) is 0. The topological polar surface area (TPSA) is 26.3 Å². The average Bonchev–Trinajstić information content (AvgIpc) is 2.78. The molecule has 0 heterocycles. The van der Waals surface area contributed by atoms with E-state index in [2.05, 4.69) is 13.8 Å². The van der Waals surface area contributed by atoms with Crippen molar-refractivity contribution in [1.29, 1.82) is 0 Å². The predicted octanol–water partition coefficient (Wildman–Crippen LogP) is 8.86. The number of esters is 1. The molecule has 0 N–H and O–H groups in total. The van der Waals surface area contributed by atoms with Crippen LogP contribution < -0.4 is 0 Å². The van der Waals surface area contributed by atoms with E-state index in [1.54, 1.807) is 0 Å². The van der Waals surface area contributed by atoms with Crippen LogP contribution in [0.15, 0.2) is 0 Å². The highest BCUT2D eigenvalue weighted by Gasteiger charge is 2.44. The second-order valence-corrected chi connectivity index (χ2v) is 11.4. The molecule has 0 aromatic rings. The van der Waals surface area contributed by atoms with Gasteiger partial charge in [-0.1, -0.05) is 84.5 Å². The standard InChI is InChI=1S/C29H52O2/c1-3-5-7-9-10-12-14-29(30)31-26-18-20-28-25(22-26)17-16-24-21-23(15-19-27(24)28)13-11-8-6-4-2/h23-28H,3-22H2,1-2H3/t23-,24?,25?,26-,27?,28?/m1/s1. The van der Waals surface area contributed by atoms with Crippen molar-refractivity contribution in [3.8, 4) is 0 Å². The van der Waals surface area contributed by atoms with Gasteiger partial charge in [0.25, 0.3) is 0 Å². The zero-order chi connectivity index (χ0) is 21.9. The zero-order valence-corrected chi connectivity index (χ0v) is 20.9. The maximum Gasteiger partial charge on any atom is 0.306 e. The zero-order valence-electron chi connectivity index (χ0n) is 20.9. The lowest BCUT2D eigenvalue weighted by Gasteiger charge is -2.50. The van der Waals surface area contributed by atoms with Crippen molar-refractivity contribution in [3.05, 3.63) is 0 Å². The molecule has 0 spiro atoms. The van der Waals surface area contributed by atoms with Crippen LogP contribution in [0.5, 0.6) is 0 Å². The first-order valence-corrected chi connectivity index (χ1v) is 14.4. The van der Waals surface area contributed by atoms with Crippen LogP contribution in [0.25, 0.3) is 0 Å². The number of fused-ring (bicyclic) bond motifs is 3. The molecule has 0 amide bonds. The Morgan fingerprint density at radius 1 is 0.677 bits per heavy atom. The van der Waals surface area contributed by atoms with Crippen molar-refractivity contribution in [3.63, 3.8) is 0 Å². The molecule has 0 aliphatic heterocycles. The molecule has 3 fully saturated rings. The second kappa shape index (κ2) is 13.9. The lowest BCUT2D eigenvalue weighted by molar-refractivity contribution is -0.153. The quantitative estimate of drug-likeness (QED) is 0.214. The van der Waals surface area contributed by atoms with Gasteiger partial charge in [-0.2, -0.15) is 0 Å². The normalized spacial score (nSPS) is 32.8. The second-order valence-electron chi connectivity index (χ2n) is 11.4. The summed E-state index contributed by atoms with van der Waals surface area (Å²) in [6.07, 6.45) is 26.4. The summed E-state index contributed by atoms with van der Waals surface area (Å²) in [5.41, 5.74) is 0. The Balaban J connectivity index is 1.33. The number of hydrogen-bond acceptors (Lipinski definition) is 2. The number of carbonyl (C=O) groups excluding carboxylic acids is 1. The SMILES string of the molecule is CCCCCCCCC(=O)O[C@@H]1CCC2C(CCC3C[C@H](CCCCCC)CCC32)C1. The third kappa shape index (κ3) is 8.08. The Hall–Kier alpha value is -0.530. The summed E-state index contributed by atoms with van der Waals surface area (Å²) in [5.74, 6) is 4.88. The van der Waals surface area contributed by atoms with Gasteiger partial charge < -0.3 is 4.74 Å².